The van der Waals surface area contributed by atoms with E-state index in [2.05, 4.69) is 0 Å². The minimum atomic E-state index is 0.224. The molecule has 0 radical (unpaired) electrons. The van der Waals surface area contributed by atoms with Crippen molar-refractivity contribution >= 4 is 0 Å². The van der Waals surface area contributed by atoms with Gasteiger partial charge in [0.2, 0.25) is 23.0 Å². The molecule has 0 saturated carbocycles. The quantitative estimate of drug-likeness (QED) is 0.0684. The second-order valence-electron chi connectivity index (χ2n) is 15.2. The van der Waals surface area contributed by atoms with E-state index in [1.54, 1.807) is 82.2 Å². The maximum Gasteiger partial charge on any atom is 0.212 e. The third-order valence-electron chi connectivity index (χ3n) is 11.3. The molecule has 0 aliphatic heterocycles. The van der Waals surface area contributed by atoms with Crippen molar-refractivity contribution in [3.8, 4) is 86.2 Å². The van der Waals surface area contributed by atoms with Gasteiger partial charge < -0.3 is 56.8 Å². The Morgan fingerprint density at radius 1 is 0.269 bits per heavy atom. The van der Waals surface area contributed by atoms with Crippen molar-refractivity contribution in [2.24, 2.45) is 0 Å². The number of benzene rings is 7. The van der Waals surface area contributed by atoms with Crippen LogP contribution in [0.25, 0.3) is 0 Å². The zero-order chi connectivity index (χ0) is 47.5. The van der Waals surface area contributed by atoms with E-state index in [0.29, 0.717) is 122 Å². The molecule has 12 nitrogen and oxygen atoms in total. The highest BCUT2D eigenvalue weighted by Crippen LogP contribution is 2.55. The zero-order valence-electron chi connectivity index (χ0n) is 39.6. The highest BCUT2D eigenvalue weighted by atomic mass is 16.6. The number of rotatable bonds is 21. The van der Waals surface area contributed by atoms with Gasteiger partial charge in [-0.2, -0.15) is 0 Å². The van der Waals surface area contributed by atoms with Crippen molar-refractivity contribution in [2.75, 3.05) is 64.0 Å². The Morgan fingerprint density at radius 3 is 0.896 bits per heavy atom. The summed E-state index contributed by atoms with van der Waals surface area (Å²) in [5, 5.41) is 0. The molecule has 7 aromatic rings. The summed E-state index contributed by atoms with van der Waals surface area (Å²) in [5.41, 5.74) is 5.83. The van der Waals surface area contributed by atoms with Crippen molar-refractivity contribution < 1.29 is 56.8 Å². The largest absolute Gasteiger partial charge is 0.493 e. The van der Waals surface area contributed by atoms with E-state index in [4.69, 9.17) is 56.8 Å². The smallest absolute Gasteiger partial charge is 0.212 e. The van der Waals surface area contributed by atoms with Crippen LogP contribution in [0.1, 0.15) is 38.9 Å². The molecule has 0 amide bonds. The molecule has 0 aliphatic rings. The number of ether oxygens (including phenoxy) is 12. The van der Waals surface area contributed by atoms with Crippen LogP contribution in [0.15, 0.2) is 121 Å². The topological polar surface area (TPSA) is 111 Å². The Labute approximate surface area is 392 Å². The highest BCUT2D eigenvalue weighted by Gasteiger charge is 2.30. The van der Waals surface area contributed by atoms with Crippen molar-refractivity contribution in [3.05, 3.63) is 160 Å². The summed E-state index contributed by atoms with van der Waals surface area (Å²) in [5.74, 6) is 5.85. The Bertz CT molecular complexity index is 2770. The summed E-state index contributed by atoms with van der Waals surface area (Å²) in [7, 11) is 14.2. The second-order valence-corrected chi connectivity index (χ2v) is 15.2. The fourth-order valence-corrected chi connectivity index (χ4v) is 8.04. The van der Waals surface area contributed by atoms with Crippen molar-refractivity contribution in [1.29, 1.82) is 0 Å². The van der Waals surface area contributed by atoms with Crippen LogP contribution >= 0.6 is 0 Å². The predicted octanol–water partition coefficient (Wildman–Crippen LogP) is 12.2. The van der Waals surface area contributed by atoms with Gasteiger partial charge in [-0.1, -0.05) is 97.1 Å². The lowest BCUT2D eigenvalue weighted by Crippen LogP contribution is -2.06. The molecule has 0 aliphatic carbocycles. The van der Waals surface area contributed by atoms with E-state index in [0.717, 1.165) is 16.7 Å². The first-order valence-electron chi connectivity index (χ1n) is 21.5. The van der Waals surface area contributed by atoms with Crippen LogP contribution in [0.5, 0.6) is 86.2 Å². The van der Waals surface area contributed by atoms with E-state index >= 15 is 0 Å². The summed E-state index contributed by atoms with van der Waals surface area (Å²) < 4.78 is 75.0. The van der Waals surface area contributed by atoms with E-state index in [1.165, 1.54) is 0 Å². The van der Waals surface area contributed by atoms with Crippen LogP contribution in [0.3, 0.4) is 0 Å². The molecule has 0 N–H and O–H groups in total. The summed E-state index contributed by atoms with van der Waals surface area (Å²) in [6.45, 7) is 1.93. The predicted molar refractivity (Wildman–Crippen MR) is 257 cm³/mol. The van der Waals surface area contributed by atoms with Crippen LogP contribution in [0, 0.1) is 6.92 Å². The Hall–Kier alpha value is -7.86. The molecule has 7 rings (SSSR count). The Morgan fingerprint density at radius 2 is 0.582 bits per heavy atom. The molecule has 12 heteroatoms. The number of methoxy groups -OCH3 is 9. The third kappa shape index (κ3) is 10.0. The molecule has 0 atom stereocenters. The monoisotopic (exact) mass is 908 g/mol. The molecule has 0 unspecified atom stereocenters. The van der Waals surface area contributed by atoms with Crippen LogP contribution in [-0.4, -0.2) is 64.0 Å². The van der Waals surface area contributed by atoms with E-state index in [-0.39, 0.29) is 5.75 Å². The fraction of sp³-hybridized carbons (Fsp3) is 0.236. The first-order chi connectivity index (χ1) is 32.7. The van der Waals surface area contributed by atoms with Gasteiger partial charge in [0.05, 0.1) is 64.0 Å². The van der Waals surface area contributed by atoms with Crippen LogP contribution in [0.2, 0.25) is 0 Å². The van der Waals surface area contributed by atoms with Crippen molar-refractivity contribution in [1.82, 2.24) is 0 Å². The maximum atomic E-state index is 7.25. The second kappa shape index (κ2) is 21.9. The van der Waals surface area contributed by atoms with Gasteiger partial charge in [0.15, 0.2) is 46.0 Å². The van der Waals surface area contributed by atoms with Gasteiger partial charge in [-0.3, -0.25) is 0 Å². The zero-order valence-corrected chi connectivity index (χ0v) is 39.6. The summed E-state index contributed by atoms with van der Waals surface area (Å²) in [6, 6.07) is 39.1. The normalized spacial score (nSPS) is 10.7. The minimum Gasteiger partial charge on any atom is -0.493 e. The molecule has 0 saturated heterocycles. The molecule has 348 valence electrons. The Balaban J connectivity index is 1.52. The fourth-order valence-electron chi connectivity index (χ4n) is 8.04. The van der Waals surface area contributed by atoms with Crippen LogP contribution in [0.4, 0.5) is 0 Å². The molecule has 0 spiro atoms. The average molecular weight is 909 g/mol. The first-order valence-corrected chi connectivity index (χ1v) is 21.5. The van der Waals surface area contributed by atoms with Crippen LogP contribution in [-0.2, 0) is 19.3 Å². The molecule has 7 aromatic carbocycles. The average Bonchev–Trinajstić information content (AvgIpc) is 3.36. The Kier molecular flexibility index (Phi) is 15.4. The lowest BCUT2D eigenvalue weighted by atomic mass is 10.0. The molecule has 0 fully saturated rings. The van der Waals surface area contributed by atoms with E-state index in [1.807, 2.05) is 110 Å². The SMILES string of the molecule is COc1cc(Oc2ccc(C)c(Oc3cc(OC)c(OC)c(OC)c3Cc3ccccc3)c2Oc2cc(OC)c(OC)c(OC)c2Cc2ccccc2)c(Cc2ccccc2)c(OC)c1OC. The van der Waals surface area contributed by atoms with Gasteiger partial charge in [0.25, 0.3) is 0 Å². The standard InChI is InChI=1S/C55H56O12/c1-34-26-27-41(65-42-31-45(56-2)52(62-8)49(59-5)38(42)28-35-20-14-11-15-21-35)55(67-44-33-47(58-4)54(64-10)51(61-7)40(44)30-37-24-18-13-19-25-37)48(34)66-43-32-46(57-3)53(63-9)50(60-6)39(43)29-36-22-16-12-17-23-36/h11-27,31-33H,28-30H2,1-10H3. The molecule has 67 heavy (non-hydrogen) atoms. The maximum absolute atomic E-state index is 7.25. The van der Waals surface area contributed by atoms with Gasteiger partial charge in [0, 0.05) is 54.2 Å². The summed E-state index contributed by atoms with van der Waals surface area (Å²) >= 11 is 0. The van der Waals surface area contributed by atoms with E-state index in [9.17, 15) is 0 Å². The molecule has 0 bridgehead atoms. The lowest BCUT2D eigenvalue weighted by Gasteiger charge is -2.25. The number of aryl methyl sites for hydroxylation is 1. The van der Waals surface area contributed by atoms with Crippen molar-refractivity contribution in [3.63, 3.8) is 0 Å². The molecule has 0 aromatic heterocycles. The molecular weight excluding hydrogens is 853 g/mol. The third-order valence-corrected chi connectivity index (χ3v) is 11.3. The van der Waals surface area contributed by atoms with Gasteiger partial charge in [0.1, 0.15) is 17.2 Å². The van der Waals surface area contributed by atoms with Crippen molar-refractivity contribution in [2.45, 2.75) is 26.2 Å². The number of hydrogen-bond acceptors (Lipinski definition) is 12. The molecular formula is C55H56O12. The first kappa shape index (κ1) is 47.1. The highest BCUT2D eigenvalue weighted by molar-refractivity contribution is 5.69. The van der Waals surface area contributed by atoms with Gasteiger partial charge >= 0.3 is 0 Å². The van der Waals surface area contributed by atoms with Gasteiger partial charge in [-0.25, -0.2) is 0 Å². The lowest BCUT2D eigenvalue weighted by molar-refractivity contribution is 0.313. The van der Waals surface area contributed by atoms with E-state index < -0.39 is 0 Å². The number of hydrogen-bond donors (Lipinski definition) is 0. The van der Waals surface area contributed by atoms with Gasteiger partial charge in [-0.15, -0.1) is 0 Å². The summed E-state index contributed by atoms with van der Waals surface area (Å²) in [6.07, 6.45) is 1.25. The molecule has 0 heterocycles. The van der Waals surface area contributed by atoms with Crippen LogP contribution < -0.4 is 56.8 Å². The summed E-state index contributed by atoms with van der Waals surface area (Å²) in [4.78, 5) is 0. The minimum absolute atomic E-state index is 0.224. The van der Waals surface area contributed by atoms with Gasteiger partial charge in [-0.05, 0) is 35.2 Å².